The topological polar surface area (TPSA) is 120 Å². The minimum absolute atomic E-state index is 0.141. The smallest absolute Gasteiger partial charge is 0.328 e. The number of nitrogens with one attached hydrogen (secondary N) is 1. The van der Waals surface area contributed by atoms with Crippen molar-refractivity contribution in [3.05, 3.63) is 17.8 Å². The molecule has 0 spiro atoms. The molecule has 1 aromatic heterocycles. The van der Waals surface area contributed by atoms with Gasteiger partial charge in [0.05, 0.1) is 24.6 Å². The fourth-order valence-electron chi connectivity index (χ4n) is 1.78. The molecule has 0 aliphatic carbocycles. The Kier molecular flexibility index (Phi) is 5.31. The molecule has 0 radical (unpaired) electrons. The number of nitrogens with zero attached hydrogens (tertiary/aromatic N) is 1. The first-order chi connectivity index (χ1) is 9.35. The van der Waals surface area contributed by atoms with Crippen molar-refractivity contribution in [2.45, 2.75) is 26.3 Å². The highest BCUT2D eigenvalue weighted by Gasteiger charge is 2.23. The summed E-state index contributed by atoms with van der Waals surface area (Å²) in [7, 11) is 1.31. The van der Waals surface area contributed by atoms with Crippen molar-refractivity contribution in [1.29, 1.82) is 0 Å². The van der Waals surface area contributed by atoms with E-state index in [9.17, 15) is 9.59 Å². The van der Waals surface area contributed by atoms with Crippen LogP contribution in [0.5, 0.6) is 0 Å². The number of nitrogen functional groups attached to an aromatic ring is 1. The number of methoxy groups -OCH3 is 1. The third kappa shape index (κ3) is 4.11. The van der Waals surface area contributed by atoms with Crippen LogP contribution >= 0.6 is 0 Å². The Labute approximate surface area is 117 Å². The molecule has 5 N–H and O–H groups in total. The Balaban J connectivity index is 3.04. The lowest BCUT2D eigenvalue weighted by molar-refractivity contribution is -0.141. The number of pyridine rings is 1. The van der Waals surface area contributed by atoms with E-state index in [1.54, 1.807) is 0 Å². The average molecular weight is 280 g/mol. The Morgan fingerprint density at radius 1 is 1.45 bits per heavy atom. The lowest BCUT2D eigenvalue weighted by atomic mass is 10.0. The van der Waals surface area contributed by atoms with E-state index in [2.05, 4.69) is 10.3 Å². The first-order valence-electron chi connectivity index (χ1n) is 6.24. The van der Waals surface area contributed by atoms with Crippen LogP contribution in [0.4, 0.5) is 11.5 Å². The molecule has 0 bridgehead atoms. The SMILES string of the molecule is COC(=O)C(CC(C)C)Nc1ncc(N)cc1C(N)=O. The third-order valence-electron chi connectivity index (χ3n) is 2.68. The maximum Gasteiger partial charge on any atom is 0.328 e. The predicted octanol–water partition coefficient (Wildman–Crippen LogP) is 0.762. The van der Waals surface area contributed by atoms with Gasteiger partial charge in [0.2, 0.25) is 0 Å². The van der Waals surface area contributed by atoms with Crippen molar-refractivity contribution in [3.63, 3.8) is 0 Å². The molecule has 1 atom stereocenters. The normalized spacial score (nSPS) is 12.0. The van der Waals surface area contributed by atoms with E-state index in [-0.39, 0.29) is 17.3 Å². The van der Waals surface area contributed by atoms with Crippen molar-refractivity contribution in [2.24, 2.45) is 11.7 Å². The van der Waals surface area contributed by atoms with Gasteiger partial charge in [0.25, 0.3) is 5.91 Å². The van der Waals surface area contributed by atoms with Gasteiger partial charge < -0.3 is 21.5 Å². The van der Waals surface area contributed by atoms with Crippen LogP contribution in [0.15, 0.2) is 12.3 Å². The van der Waals surface area contributed by atoms with Crippen molar-refractivity contribution in [1.82, 2.24) is 4.98 Å². The second-order valence-corrected chi connectivity index (χ2v) is 4.88. The molecule has 1 amide bonds. The standard InChI is InChI=1S/C13H20N4O3/c1-7(2)4-10(13(19)20-3)17-12-9(11(15)18)5-8(14)6-16-12/h5-7,10H,4,14H2,1-3H3,(H2,15,18)(H,16,17). The highest BCUT2D eigenvalue weighted by molar-refractivity contribution is 5.98. The number of hydrogen-bond acceptors (Lipinski definition) is 6. The molecule has 0 saturated heterocycles. The van der Waals surface area contributed by atoms with Crippen LogP contribution in [-0.2, 0) is 9.53 Å². The van der Waals surface area contributed by atoms with Crippen LogP contribution in [0.2, 0.25) is 0 Å². The minimum Gasteiger partial charge on any atom is -0.467 e. The molecular weight excluding hydrogens is 260 g/mol. The number of hydrogen-bond donors (Lipinski definition) is 3. The minimum atomic E-state index is -0.666. The number of amides is 1. The van der Waals surface area contributed by atoms with Gasteiger partial charge in [-0.05, 0) is 18.4 Å². The van der Waals surface area contributed by atoms with Crippen molar-refractivity contribution >= 4 is 23.4 Å². The van der Waals surface area contributed by atoms with Gasteiger partial charge >= 0.3 is 5.97 Å². The molecule has 0 aromatic carbocycles. The summed E-state index contributed by atoms with van der Waals surface area (Å²) in [6.45, 7) is 3.95. The highest BCUT2D eigenvalue weighted by atomic mass is 16.5. The summed E-state index contributed by atoms with van der Waals surface area (Å²) in [4.78, 5) is 27.2. The van der Waals surface area contributed by atoms with E-state index in [4.69, 9.17) is 16.2 Å². The zero-order valence-electron chi connectivity index (χ0n) is 11.8. The van der Waals surface area contributed by atoms with E-state index in [0.717, 1.165) is 0 Å². The first-order valence-corrected chi connectivity index (χ1v) is 6.24. The number of primary amides is 1. The molecule has 0 fully saturated rings. The van der Waals surface area contributed by atoms with Crippen LogP contribution < -0.4 is 16.8 Å². The number of anilines is 2. The largest absolute Gasteiger partial charge is 0.467 e. The van der Waals surface area contributed by atoms with Gasteiger partial charge in [-0.2, -0.15) is 0 Å². The van der Waals surface area contributed by atoms with Crippen molar-refractivity contribution in [2.75, 3.05) is 18.2 Å². The van der Waals surface area contributed by atoms with E-state index in [1.165, 1.54) is 19.4 Å². The molecule has 110 valence electrons. The molecule has 0 aliphatic heterocycles. The molecule has 20 heavy (non-hydrogen) atoms. The van der Waals surface area contributed by atoms with E-state index in [1.807, 2.05) is 13.8 Å². The van der Waals surface area contributed by atoms with Gasteiger partial charge in [0.15, 0.2) is 0 Å². The molecule has 1 heterocycles. The monoisotopic (exact) mass is 280 g/mol. The molecule has 0 aliphatic rings. The molecule has 1 rings (SSSR count). The lowest BCUT2D eigenvalue weighted by Crippen LogP contribution is -2.33. The fourth-order valence-corrected chi connectivity index (χ4v) is 1.78. The summed E-state index contributed by atoms with van der Waals surface area (Å²) in [5.41, 5.74) is 11.3. The molecule has 7 heteroatoms. The third-order valence-corrected chi connectivity index (χ3v) is 2.68. The Bertz CT molecular complexity index is 502. The Morgan fingerprint density at radius 3 is 2.60 bits per heavy atom. The van der Waals surface area contributed by atoms with E-state index >= 15 is 0 Å². The number of nitrogens with two attached hydrogens (primary N) is 2. The summed E-state index contributed by atoms with van der Waals surface area (Å²) >= 11 is 0. The number of carbonyl (C=O) groups excluding carboxylic acids is 2. The van der Waals surface area contributed by atoms with E-state index < -0.39 is 17.9 Å². The Hall–Kier alpha value is -2.31. The van der Waals surface area contributed by atoms with E-state index in [0.29, 0.717) is 12.1 Å². The highest BCUT2D eigenvalue weighted by Crippen LogP contribution is 2.18. The van der Waals surface area contributed by atoms with Crippen LogP contribution in [0.25, 0.3) is 0 Å². The van der Waals surface area contributed by atoms with Crippen LogP contribution in [0.3, 0.4) is 0 Å². The number of ether oxygens (including phenoxy) is 1. The quantitative estimate of drug-likeness (QED) is 0.662. The van der Waals surface area contributed by atoms with Gasteiger partial charge in [0.1, 0.15) is 11.9 Å². The average Bonchev–Trinajstić information content (AvgIpc) is 2.38. The summed E-state index contributed by atoms with van der Waals surface area (Å²) in [6.07, 6.45) is 1.93. The number of rotatable bonds is 6. The maximum absolute atomic E-state index is 11.7. The molecule has 1 aromatic rings. The van der Waals surface area contributed by atoms with Crippen molar-refractivity contribution in [3.8, 4) is 0 Å². The zero-order chi connectivity index (χ0) is 15.3. The zero-order valence-corrected chi connectivity index (χ0v) is 11.8. The second kappa shape index (κ2) is 6.74. The molecular formula is C13H20N4O3. The van der Waals surface area contributed by atoms with Gasteiger partial charge in [-0.3, -0.25) is 4.79 Å². The molecule has 1 unspecified atom stereocenters. The van der Waals surface area contributed by atoms with Gasteiger partial charge in [-0.25, -0.2) is 9.78 Å². The fraction of sp³-hybridized carbons (Fsp3) is 0.462. The number of carbonyl (C=O) groups is 2. The summed E-state index contributed by atoms with van der Waals surface area (Å²) < 4.78 is 4.74. The molecule has 7 nitrogen and oxygen atoms in total. The predicted molar refractivity (Wildman–Crippen MR) is 76.0 cm³/mol. The second-order valence-electron chi connectivity index (χ2n) is 4.88. The van der Waals surface area contributed by atoms with Gasteiger partial charge in [0, 0.05) is 0 Å². The van der Waals surface area contributed by atoms with Crippen LogP contribution in [-0.4, -0.2) is 30.0 Å². The lowest BCUT2D eigenvalue weighted by Gasteiger charge is -2.20. The first kappa shape index (κ1) is 15.7. The van der Waals surface area contributed by atoms with Crippen LogP contribution in [0, 0.1) is 5.92 Å². The van der Waals surface area contributed by atoms with Gasteiger partial charge in [-0.15, -0.1) is 0 Å². The summed E-state index contributed by atoms with van der Waals surface area (Å²) in [5.74, 6) is -0.603. The van der Waals surface area contributed by atoms with Gasteiger partial charge in [-0.1, -0.05) is 13.8 Å². The molecule has 0 saturated carbocycles. The maximum atomic E-state index is 11.7. The summed E-state index contributed by atoms with van der Waals surface area (Å²) in [5, 5.41) is 2.90. The van der Waals surface area contributed by atoms with Crippen LogP contribution in [0.1, 0.15) is 30.6 Å². The summed E-state index contributed by atoms with van der Waals surface area (Å²) in [6, 6.07) is 0.815. The Morgan fingerprint density at radius 2 is 2.10 bits per heavy atom. The van der Waals surface area contributed by atoms with Crippen molar-refractivity contribution < 1.29 is 14.3 Å². The number of aromatic nitrogens is 1. The number of esters is 1.